The van der Waals surface area contributed by atoms with Gasteiger partial charge < -0.3 is 11.1 Å². The van der Waals surface area contributed by atoms with Crippen molar-refractivity contribution in [3.63, 3.8) is 0 Å². The van der Waals surface area contributed by atoms with Gasteiger partial charge in [-0.15, -0.1) is 5.10 Å². The Morgan fingerprint density at radius 1 is 1.35 bits per heavy atom. The highest BCUT2D eigenvalue weighted by Crippen LogP contribution is 2.21. The van der Waals surface area contributed by atoms with Crippen LogP contribution in [0.3, 0.4) is 0 Å². The maximum absolute atomic E-state index is 11.5. The molecule has 0 spiro atoms. The van der Waals surface area contributed by atoms with Crippen molar-refractivity contribution in [2.24, 2.45) is 11.7 Å². The number of carbonyl (C=O) groups is 1. The number of primary amides is 1. The molecule has 0 bridgehead atoms. The van der Waals surface area contributed by atoms with E-state index in [0.717, 1.165) is 11.3 Å². The van der Waals surface area contributed by atoms with Crippen molar-refractivity contribution >= 4 is 11.7 Å². The van der Waals surface area contributed by atoms with Crippen LogP contribution in [0, 0.1) is 17.2 Å². The number of anilines is 1. The number of hydrogen-bond acceptors (Lipinski definition) is 5. The standard InChI is InChI=1S/C14H21N5O/c1-5-9-10(7-15)14(19-18-11(9)6-2)17-12(8(3)4)13(16)20/h8,12H,5-6H2,1-4H3,(H2,16,20)(H,17,19). The molecule has 6 nitrogen and oxygen atoms in total. The van der Waals surface area contributed by atoms with Crippen molar-refractivity contribution in [1.82, 2.24) is 10.2 Å². The number of aromatic nitrogens is 2. The zero-order chi connectivity index (χ0) is 15.3. The van der Waals surface area contributed by atoms with Crippen molar-refractivity contribution in [2.75, 3.05) is 5.32 Å². The molecule has 0 aliphatic rings. The molecule has 1 aromatic rings. The second kappa shape index (κ2) is 6.85. The van der Waals surface area contributed by atoms with Gasteiger partial charge in [-0.05, 0) is 24.3 Å². The number of hydrogen-bond donors (Lipinski definition) is 2. The molecule has 20 heavy (non-hydrogen) atoms. The molecule has 1 atom stereocenters. The Labute approximate surface area is 119 Å². The largest absolute Gasteiger partial charge is 0.368 e. The third-order valence-electron chi connectivity index (χ3n) is 3.22. The number of nitrogens with two attached hydrogens (primary N) is 1. The van der Waals surface area contributed by atoms with Gasteiger partial charge in [0, 0.05) is 0 Å². The molecule has 1 amide bonds. The van der Waals surface area contributed by atoms with E-state index in [-0.39, 0.29) is 5.92 Å². The van der Waals surface area contributed by atoms with E-state index in [4.69, 9.17) is 5.73 Å². The quantitative estimate of drug-likeness (QED) is 0.816. The van der Waals surface area contributed by atoms with Gasteiger partial charge in [0.25, 0.3) is 0 Å². The highest BCUT2D eigenvalue weighted by molar-refractivity contribution is 5.83. The zero-order valence-corrected chi connectivity index (χ0v) is 12.4. The summed E-state index contributed by atoms with van der Waals surface area (Å²) in [4.78, 5) is 11.5. The van der Waals surface area contributed by atoms with E-state index in [2.05, 4.69) is 21.6 Å². The summed E-state index contributed by atoms with van der Waals surface area (Å²) in [6, 6.07) is 1.58. The Bertz CT molecular complexity index is 533. The first-order chi connectivity index (χ1) is 9.46. The van der Waals surface area contributed by atoms with Crippen LogP contribution in [-0.2, 0) is 17.6 Å². The summed E-state index contributed by atoms with van der Waals surface area (Å²) in [5.41, 5.74) is 7.51. The van der Waals surface area contributed by atoms with Gasteiger partial charge in [-0.25, -0.2) is 0 Å². The fourth-order valence-electron chi connectivity index (χ4n) is 2.11. The first kappa shape index (κ1) is 15.9. The average molecular weight is 275 g/mol. The molecule has 108 valence electrons. The van der Waals surface area contributed by atoms with E-state index in [1.807, 2.05) is 27.7 Å². The van der Waals surface area contributed by atoms with Crippen molar-refractivity contribution in [2.45, 2.75) is 46.6 Å². The van der Waals surface area contributed by atoms with Gasteiger partial charge in [0.2, 0.25) is 5.91 Å². The van der Waals surface area contributed by atoms with E-state index in [1.165, 1.54) is 0 Å². The molecular formula is C14H21N5O. The molecule has 0 saturated heterocycles. The molecule has 1 rings (SSSR count). The van der Waals surface area contributed by atoms with E-state index < -0.39 is 11.9 Å². The topological polar surface area (TPSA) is 105 Å². The summed E-state index contributed by atoms with van der Waals surface area (Å²) in [5.74, 6) is -0.140. The second-order valence-corrected chi connectivity index (χ2v) is 4.94. The van der Waals surface area contributed by atoms with Crippen LogP contribution in [0.25, 0.3) is 0 Å². The van der Waals surface area contributed by atoms with Crippen LogP contribution in [0.4, 0.5) is 5.82 Å². The van der Waals surface area contributed by atoms with Gasteiger partial charge in [0.1, 0.15) is 17.7 Å². The minimum Gasteiger partial charge on any atom is -0.368 e. The lowest BCUT2D eigenvalue weighted by Gasteiger charge is -2.20. The average Bonchev–Trinajstić information content (AvgIpc) is 2.42. The van der Waals surface area contributed by atoms with Crippen molar-refractivity contribution in [3.8, 4) is 6.07 Å². The molecule has 3 N–H and O–H groups in total. The number of amides is 1. The highest BCUT2D eigenvalue weighted by atomic mass is 16.1. The lowest BCUT2D eigenvalue weighted by molar-refractivity contribution is -0.119. The summed E-state index contributed by atoms with van der Waals surface area (Å²) in [5, 5.41) is 20.5. The van der Waals surface area contributed by atoms with E-state index in [9.17, 15) is 10.1 Å². The molecule has 1 heterocycles. The Balaban J connectivity index is 3.26. The van der Waals surface area contributed by atoms with Crippen LogP contribution >= 0.6 is 0 Å². The molecule has 6 heteroatoms. The smallest absolute Gasteiger partial charge is 0.240 e. The third kappa shape index (κ3) is 3.23. The van der Waals surface area contributed by atoms with E-state index >= 15 is 0 Å². The number of carbonyl (C=O) groups excluding carboxylic acids is 1. The fraction of sp³-hybridized carbons (Fsp3) is 0.571. The molecule has 0 aromatic carbocycles. The number of nitrogens with one attached hydrogen (secondary N) is 1. The molecule has 0 radical (unpaired) electrons. The number of aryl methyl sites for hydroxylation is 1. The van der Waals surface area contributed by atoms with Gasteiger partial charge in [-0.3, -0.25) is 4.79 Å². The van der Waals surface area contributed by atoms with Crippen LogP contribution in [0.2, 0.25) is 0 Å². The van der Waals surface area contributed by atoms with Gasteiger partial charge in [-0.2, -0.15) is 10.4 Å². The normalized spacial score (nSPS) is 12.0. The Hall–Kier alpha value is -2.16. The lowest BCUT2D eigenvalue weighted by atomic mass is 10.0. The van der Waals surface area contributed by atoms with Gasteiger partial charge in [0.15, 0.2) is 5.82 Å². The summed E-state index contributed by atoms with van der Waals surface area (Å²) < 4.78 is 0. The Morgan fingerprint density at radius 3 is 2.40 bits per heavy atom. The Kier molecular flexibility index (Phi) is 5.44. The lowest BCUT2D eigenvalue weighted by Crippen LogP contribution is -2.40. The molecule has 0 aliphatic heterocycles. The third-order valence-corrected chi connectivity index (χ3v) is 3.22. The van der Waals surface area contributed by atoms with Crippen LogP contribution < -0.4 is 11.1 Å². The minimum atomic E-state index is -0.575. The van der Waals surface area contributed by atoms with Crippen LogP contribution in [0.1, 0.15) is 44.5 Å². The second-order valence-electron chi connectivity index (χ2n) is 4.94. The molecule has 1 aromatic heterocycles. The van der Waals surface area contributed by atoms with Crippen molar-refractivity contribution < 1.29 is 4.79 Å². The van der Waals surface area contributed by atoms with Crippen molar-refractivity contribution in [1.29, 1.82) is 5.26 Å². The highest BCUT2D eigenvalue weighted by Gasteiger charge is 2.23. The summed E-state index contributed by atoms with van der Waals surface area (Å²) in [6.07, 6.45) is 1.41. The SMILES string of the molecule is CCc1nnc(NC(C(N)=O)C(C)C)c(C#N)c1CC. The van der Waals surface area contributed by atoms with Gasteiger partial charge >= 0.3 is 0 Å². The molecule has 0 aliphatic carbocycles. The van der Waals surface area contributed by atoms with Gasteiger partial charge in [0.05, 0.1) is 5.69 Å². The predicted octanol–water partition coefficient (Wildman–Crippen LogP) is 1.39. The summed E-state index contributed by atoms with van der Waals surface area (Å²) >= 11 is 0. The Morgan fingerprint density at radius 2 is 2.00 bits per heavy atom. The number of rotatable bonds is 6. The molecule has 0 saturated carbocycles. The summed E-state index contributed by atoms with van der Waals surface area (Å²) in [6.45, 7) is 7.69. The minimum absolute atomic E-state index is 0.00299. The first-order valence-electron chi connectivity index (χ1n) is 6.80. The van der Waals surface area contributed by atoms with Crippen LogP contribution in [0.15, 0.2) is 0 Å². The van der Waals surface area contributed by atoms with Crippen LogP contribution in [-0.4, -0.2) is 22.1 Å². The number of nitrogens with zero attached hydrogens (tertiary/aromatic N) is 3. The maximum Gasteiger partial charge on any atom is 0.240 e. The molecule has 0 fully saturated rings. The van der Waals surface area contributed by atoms with E-state index in [1.54, 1.807) is 0 Å². The summed E-state index contributed by atoms with van der Waals surface area (Å²) in [7, 11) is 0. The molecular weight excluding hydrogens is 254 g/mol. The number of nitriles is 1. The fourth-order valence-corrected chi connectivity index (χ4v) is 2.11. The zero-order valence-electron chi connectivity index (χ0n) is 12.4. The molecule has 1 unspecified atom stereocenters. The van der Waals surface area contributed by atoms with Crippen molar-refractivity contribution in [3.05, 3.63) is 16.8 Å². The monoisotopic (exact) mass is 275 g/mol. The predicted molar refractivity (Wildman–Crippen MR) is 76.9 cm³/mol. The van der Waals surface area contributed by atoms with Crippen LogP contribution in [0.5, 0.6) is 0 Å². The van der Waals surface area contributed by atoms with E-state index in [0.29, 0.717) is 24.2 Å². The first-order valence-corrected chi connectivity index (χ1v) is 6.80. The maximum atomic E-state index is 11.5. The van der Waals surface area contributed by atoms with Gasteiger partial charge in [-0.1, -0.05) is 27.7 Å².